The molecule has 5 nitrogen and oxygen atoms in total. The molecule has 7 heteroatoms. The van der Waals surface area contributed by atoms with E-state index in [-0.39, 0.29) is 23.4 Å². The van der Waals surface area contributed by atoms with Crippen molar-refractivity contribution in [2.24, 2.45) is 5.92 Å². The number of benzene rings is 2. The van der Waals surface area contributed by atoms with Gasteiger partial charge in [-0.1, -0.05) is 36.6 Å². The molecule has 2 fully saturated rings. The van der Waals surface area contributed by atoms with Gasteiger partial charge in [0.05, 0.1) is 11.6 Å². The van der Waals surface area contributed by atoms with Crippen molar-refractivity contribution in [1.29, 1.82) is 0 Å². The largest absolute Gasteiger partial charge is 0.336 e. The smallest absolute Gasteiger partial charge is 0.256 e. The Morgan fingerprint density at radius 3 is 2.26 bits per heavy atom. The number of nitrogens with one attached hydrogen (secondary N) is 1. The Bertz CT molecular complexity index is 923. The van der Waals surface area contributed by atoms with Crippen molar-refractivity contribution < 1.29 is 14.0 Å². The highest BCUT2D eigenvalue weighted by Crippen LogP contribution is 2.32. The van der Waals surface area contributed by atoms with Crippen LogP contribution in [0.15, 0.2) is 48.5 Å². The molecule has 4 rings (SSSR count). The van der Waals surface area contributed by atoms with Crippen molar-refractivity contribution >= 4 is 29.1 Å². The lowest BCUT2D eigenvalue weighted by Gasteiger charge is -2.40. The van der Waals surface area contributed by atoms with Gasteiger partial charge in [-0.05, 0) is 55.2 Å². The summed E-state index contributed by atoms with van der Waals surface area (Å²) in [6.45, 7) is 2.14. The molecule has 1 saturated carbocycles. The first-order valence-corrected chi connectivity index (χ1v) is 11.2. The SMILES string of the molecule is O=C(Nc1ccc(Cl)cc1)[C@@H](C1CCCC1)N1CCN(C(=O)c2ccccc2F)CC1. The highest BCUT2D eigenvalue weighted by molar-refractivity contribution is 6.30. The fourth-order valence-corrected chi connectivity index (χ4v) is 4.83. The van der Waals surface area contributed by atoms with Gasteiger partial charge in [0, 0.05) is 36.9 Å². The van der Waals surface area contributed by atoms with Gasteiger partial charge in [0.15, 0.2) is 0 Å². The van der Waals surface area contributed by atoms with E-state index in [9.17, 15) is 14.0 Å². The molecule has 0 unspecified atom stereocenters. The number of nitrogens with zero attached hydrogens (tertiary/aromatic N) is 2. The second-order valence-electron chi connectivity index (χ2n) is 8.29. The van der Waals surface area contributed by atoms with Crippen molar-refractivity contribution in [2.45, 2.75) is 31.7 Å². The van der Waals surface area contributed by atoms with Gasteiger partial charge < -0.3 is 10.2 Å². The van der Waals surface area contributed by atoms with E-state index in [4.69, 9.17) is 11.6 Å². The number of anilines is 1. The van der Waals surface area contributed by atoms with Crippen LogP contribution in [0.3, 0.4) is 0 Å². The van der Waals surface area contributed by atoms with Gasteiger partial charge >= 0.3 is 0 Å². The maximum absolute atomic E-state index is 14.0. The summed E-state index contributed by atoms with van der Waals surface area (Å²) >= 11 is 5.95. The average molecular weight is 444 g/mol. The zero-order valence-electron chi connectivity index (χ0n) is 17.4. The quantitative estimate of drug-likeness (QED) is 0.743. The summed E-state index contributed by atoms with van der Waals surface area (Å²) in [6.07, 6.45) is 4.35. The van der Waals surface area contributed by atoms with Gasteiger partial charge in [-0.2, -0.15) is 0 Å². The number of amides is 2. The molecule has 2 aromatic rings. The third-order valence-electron chi connectivity index (χ3n) is 6.33. The van der Waals surface area contributed by atoms with Gasteiger partial charge in [0.25, 0.3) is 5.91 Å². The van der Waals surface area contributed by atoms with Gasteiger partial charge in [0.1, 0.15) is 5.82 Å². The summed E-state index contributed by atoms with van der Waals surface area (Å²) in [4.78, 5) is 29.8. The van der Waals surface area contributed by atoms with E-state index >= 15 is 0 Å². The Morgan fingerprint density at radius 1 is 0.968 bits per heavy atom. The Balaban J connectivity index is 1.43. The summed E-state index contributed by atoms with van der Waals surface area (Å²) in [7, 11) is 0. The maximum atomic E-state index is 14.0. The molecular formula is C24H27ClFN3O2. The lowest BCUT2D eigenvalue weighted by atomic mass is 9.94. The van der Waals surface area contributed by atoms with Crippen molar-refractivity contribution in [3.8, 4) is 0 Å². The van der Waals surface area contributed by atoms with Crippen LogP contribution in [0.5, 0.6) is 0 Å². The summed E-state index contributed by atoms with van der Waals surface area (Å²) in [6, 6.07) is 13.0. The number of carbonyl (C=O) groups is 2. The van der Waals surface area contributed by atoms with E-state index in [1.807, 2.05) is 0 Å². The van der Waals surface area contributed by atoms with E-state index in [2.05, 4.69) is 10.2 Å². The standard InChI is InChI=1S/C24H27ClFN3O2/c25-18-9-11-19(12-10-18)27-23(30)22(17-5-1-2-6-17)28-13-15-29(16-14-28)24(31)20-7-3-4-8-21(20)26/h3-4,7-12,17,22H,1-2,5-6,13-16H2,(H,27,30)/t22-/m1/s1. The fraction of sp³-hybridized carbons (Fsp3) is 0.417. The number of hydrogen-bond donors (Lipinski definition) is 1. The van der Waals surface area contributed by atoms with Crippen LogP contribution in [0, 0.1) is 11.7 Å². The monoisotopic (exact) mass is 443 g/mol. The minimum atomic E-state index is -0.499. The predicted molar refractivity (Wildman–Crippen MR) is 120 cm³/mol. The molecule has 2 amide bonds. The first-order chi connectivity index (χ1) is 15.0. The minimum absolute atomic E-state index is 0.0110. The summed E-state index contributed by atoms with van der Waals surface area (Å²) in [5, 5.41) is 3.67. The molecule has 164 valence electrons. The van der Waals surface area contributed by atoms with Crippen LogP contribution in [0.1, 0.15) is 36.0 Å². The maximum Gasteiger partial charge on any atom is 0.256 e. The lowest BCUT2D eigenvalue weighted by molar-refractivity contribution is -0.123. The van der Waals surface area contributed by atoms with E-state index in [1.54, 1.807) is 41.3 Å². The summed E-state index contributed by atoms with van der Waals surface area (Å²) in [5.74, 6) is -0.494. The molecule has 1 atom stereocenters. The zero-order chi connectivity index (χ0) is 21.8. The molecule has 1 heterocycles. The van der Waals surface area contributed by atoms with E-state index < -0.39 is 5.82 Å². The number of piperazine rings is 1. The lowest BCUT2D eigenvalue weighted by Crippen LogP contribution is -2.57. The average Bonchev–Trinajstić information content (AvgIpc) is 3.30. The van der Waals surface area contributed by atoms with Gasteiger partial charge in [-0.3, -0.25) is 14.5 Å². The molecule has 2 aliphatic rings. The summed E-state index contributed by atoms with van der Waals surface area (Å²) in [5.41, 5.74) is 0.828. The van der Waals surface area contributed by atoms with Crippen molar-refractivity contribution in [3.63, 3.8) is 0 Å². The molecule has 0 spiro atoms. The Hall–Kier alpha value is -2.44. The van der Waals surface area contributed by atoms with E-state index in [0.29, 0.717) is 37.1 Å². The third-order valence-corrected chi connectivity index (χ3v) is 6.58. The van der Waals surface area contributed by atoms with Crippen molar-refractivity contribution in [2.75, 3.05) is 31.5 Å². The molecule has 0 aromatic heterocycles. The first kappa shape index (κ1) is 21.8. The fourth-order valence-electron chi connectivity index (χ4n) is 4.71. The molecule has 1 aliphatic carbocycles. The number of rotatable bonds is 5. The van der Waals surface area contributed by atoms with Crippen molar-refractivity contribution in [3.05, 3.63) is 64.9 Å². The molecule has 1 saturated heterocycles. The first-order valence-electron chi connectivity index (χ1n) is 10.9. The Morgan fingerprint density at radius 2 is 1.61 bits per heavy atom. The van der Waals surface area contributed by atoms with E-state index in [1.165, 1.54) is 12.1 Å². The minimum Gasteiger partial charge on any atom is -0.336 e. The molecule has 1 aliphatic heterocycles. The third kappa shape index (κ3) is 5.08. The van der Waals surface area contributed by atoms with Crippen LogP contribution < -0.4 is 5.32 Å². The van der Waals surface area contributed by atoms with Crippen molar-refractivity contribution in [1.82, 2.24) is 9.80 Å². The second kappa shape index (κ2) is 9.79. The Labute approximate surface area is 187 Å². The number of carbonyl (C=O) groups excluding carboxylic acids is 2. The number of hydrogen-bond acceptors (Lipinski definition) is 3. The topological polar surface area (TPSA) is 52.7 Å². The highest BCUT2D eigenvalue weighted by atomic mass is 35.5. The van der Waals surface area contributed by atoms with Crippen LogP contribution in [0.4, 0.5) is 10.1 Å². The molecule has 0 radical (unpaired) electrons. The molecule has 31 heavy (non-hydrogen) atoms. The zero-order valence-corrected chi connectivity index (χ0v) is 18.2. The number of halogens is 2. The van der Waals surface area contributed by atoms with Crippen LogP contribution in [-0.2, 0) is 4.79 Å². The van der Waals surface area contributed by atoms with Gasteiger partial charge in [-0.15, -0.1) is 0 Å². The van der Waals surface area contributed by atoms with Crippen LogP contribution in [0.2, 0.25) is 5.02 Å². The van der Waals surface area contributed by atoms with Gasteiger partial charge in [-0.25, -0.2) is 4.39 Å². The van der Waals surface area contributed by atoms with Gasteiger partial charge in [0.2, 0.25) is 5.91 Å². The normalized spacial score (nSPS) is 18.7. The molecule has 1 N–H and O–H groups in total. The summed E-state index contributed by atoms with van der Waals surface area (Å²) < 4.78 is 14.0. The van der Waals surface area contributed by atoms with E-state index in [0.717, 1.165) is 31.4 Å². The predicted octanol–water partition coefficient (Wildman–Crippen LogP) is 4.43. The van der Waals surface area contributed by atoms with Crippen LogP contribution in [-0.4, -0.2) is 53.8 Å². The Kier molecular flexibility index (Phi) is 6.88. The molecule has 2 aromatic carbocycles. The molecule has 0 bridgehead atoms. The second-order valence-corrected chi connectivity index (χ2v) is 8.73. The van der Waals surface area contributed by atoms with Crippen LogP contribution >= 0.6 is 11.6 Å². The highest BCUT2D eigenvalue weighted by Gasteiger charge is 2.37. The van der Waals surface area contributed by atoms with Crippen LogP contribution in [0.25, 0.3) is 0 Å². The molecular weight excluding hydrogens is 417 g/mol.